The molecule has 0 aliphatic carbocycles. The molecule has 20 heavy (non-hydrogen) atoms. The third kappa shape index (κ3) is 4.05. The molecule has 0 saturated heterocycles. The molecule has 106 valence electrons. The van der Waals surface area contributed by atoms with Gasteiger partial charge in [0.25, 0.3) is 0 Å². The van der Waals surface area contributed by atoms with Crippen LogP contribution in [0.3, 0.4) is 0 Å². The van der Waals surface area contributed by atoms with Gasteiger partial charge in [-0.3, -0.25) is 0 Å². The van der Waals surface area contributed by atoms with Crippen molar-refractivity contribution in [2.45, 2.75) is 12.5 Å². The van der Waals surface area contributed by atoms with Crippen LogP contribution in [0.4, 0.5) is 4.39 Å². The molecule has 2 aromatic carbocycles. The third-order valence-corrected chi connectivity index (χ3v) is 3.65. The Morgan fingerprint density at radius 2 is 1.95 bits per heavy atom. The molecule has 0 fully saturated rings. The van der Waals surface area contributed by atoms with Crippen molar-refractivity contribution in [2.75, 3.05) is 13.6 Å². The van der Waals surface area contributed by atoms with Gasteiger partial charge < -0.3 is 10.1 Å². The average molecular weight is 338 g/mol. The number of hydrogen-bond donors (Lipinski definition) is 1. The summed E-state index contributed by atoms with van der Waals surface area (Å²) in [5, 5.41) is 3.11. The second-order valence-corrected chi connectivity index (χ2v) is 5.34. The highest BCUT2D eigenvalue weighted by atomic mass is 79.9. The Bertz CT molecular complexity index is 547. The maximum atomic E-state index is 13.3. The first-order valence-electron chi connectivity index (χ1n) is 6.52. The van der Waals surface area contributed by atoms with E-state index in [1.165, 1.54) is 12.1 Å². The van der Waals surface area contributed by atoms with E-state index in [1.54, 1.807) is 6.07 Å². The quantitative estimate of drug-likeness (QED) is 0.847. The molecule has 0 spiro atoms. The zero-order chi connectivity index (χ0) is 14.4. The monoisotopic (exact) mass is 337 g/mol. The van der Waals surface area contributed by atoms with E-state index in [9.17, 15) is 4.39 Å². The van der Waals surface area contributed by atoms with Gasteiger partial charge in [0.2, 0.25) is 0 Å². The first kappa shape index (κ1) is 15.0. The van der Waals surface area contributed by atoms with Gasteiger partial charge in [0.05, 0.1) is 4.47 Å². The van der Waals surface area contributed by atoms with E-state index in [0.29, 0.717) is 5.75 Å². The predicted octanol–water partition coefficient (Wildman–Crippen LogP) is 4.32. The molecular weight excluding hydrogens is 321 g/mol. The zero-order valence-corrected chi connectivity index (χ0v) is 12.9. The Hall–Kier alpha value is -1.39. The normalized spacial score (nSPS) is 12.2. The van der Waals surface area contributed by atoms with Crippen molar-refractivity contribution in [3.8, 4) is 5.75 Å². The molecule has 1 N–H and O–H groups in total. The van der Waals surface area contributed by atoms with E-state index in [4.69, 9.17) is 4.74 Å². The van der Waals surface area contributed by atoms with Gasteiger partial charge in [0, 0.05) is 12.5 Å². The lowest BCUT2D eigenvalue weighted by Crippen LogP contribution is -2.16. The molecule has 0 saturated carbocycles. The van der Waals surface area contributed by atoms with Crippen LogP contribution in [-0.2, 0) is 0 Å². The second kappa shape index (κ2) is 7.41. The van der Waals surface area contributed by atoms with Crippen LogP contribution in [0.1, 0.15) is 18.1 Å². The maximum Gasteiger partial charge on any atom is 0.137 e. The summed E-state index contributed by atoms with van der Waals surface area (Å²) in [6, 6.07) is 14.4. The van der Waals surface area contributed by atoms with Crippen molar-refractivity contribution in [3.05, 3.63) is 64.4 Å². The van der Waals surface area contributed by atoms with Crippen LogP contribution >= 0.6 is 15.9 Å². The molecule has 4 heteroatoms. The zero-order valence-electron chi connectivity index (χ0n) is 11.3. The van der Waals surface area contributed by atoms with E-state index >= 15 is 0 Å². The molecule has 0 aromatic heterocycles. The van der Waals surface area contributed by atoms with Gasteiger partial charge >= 0.3 is 0 Å². The van der Waals surface area contributed by atoms with Crippen molar-refractivity contribution in [1.29, 1.82) is 0 Å². The number of hydrogen-bond acceptors (Lipinski definition) is 2. The number of rotatable bonds is 6. The minimum absolute atomic E-state index is 0.109. The molecule has 0 aliphatic rings. The fraction of sp³-hybridized carbons (Fsp3) is 0.250. The fourth-order valence-electron chi connectivity index (χ4n) is 1.96. The molecule has 0 amide bonds. The van der Waals surface area contributed by atoms with Crippen molar-refractivity contribution in [3.63, 3.8) is 0 Å². The van der Waals surface area contributed by atoms with Crippen LogP contribution < -0.4 is 10.1 Å². The number of ether oxygens (including phenoxy) is 1. The molecule has 1 atom stereocenters. The van der Waals surface area contributed by atoms with E-state index in [0.717, 1.165) is 23.0 Å². The molecule has 1 unspecified atom stereocenters. The highest BCUT2D eigenvalue weighted by molar-refractivity contribution is 9.10. The summed E-state index contributed by atoms with van der Waals surface area (Å²) >= 11 is 3.39. The molecular formula is C16H17BrFNO. The molecule has 0 aliphatic heterocycles. The van der Waals surface area contributed by atoms with Crippen molar-refractivity contribution in [2.24, 2.45) is 0 Å². The Morgan fingerprint density at radius 3 is 2.65 bits per heavy atom. The molecule has 2 nitrogen and oxygen atoms in total. The average Bonchev–Trinajstić information content (AvgIpc) is 2.48. The standard InChI is InChI=1S/C16H17BrFNO/c1-19-10-9-15(12-5-3-2-4-6-12)20-16-11-13(18)7-8-14(16)17/h2-8,11,15,19H,9-10H2,1H3. The van der Waals surface area contributed by atoms with Crippen LogP contribution in [0.2, 0.25) is 0 Å². The minimum Gasteiger partial charge on any atom is -0.484 e. The van der Waals surface area contributed by atoms with Crippen LogP contribution in [0, 0.1) is 5.82 Å². The van der Waals surface area contributed by atoms with Crippen molar-refractivity contribution in [1.82, 2.24) is 5.32 Å². The van der Waals surface area contributed by atoms with Crippen molar-refractivity contribution >= 4 is 15.9 Å². The Kier molecular flexibility index (Phi) is 5.56. The van der Waals surface area contributed by atoms with Crippen LogP contribution in [-0.4, -0.2) is 13.6 Å². The fourth-order valence-corrected chi connectivity index (χ4v) is 2.30. The van der Waals surface area contributed by atoms with Gasteiger partial charge in [0.15, 0.2) is 0 Å². The van der Waals surface area contributed by atoms with Gasteiger partial charge in [-0.1, -0.05) is 30.3 Å². The highest BCUT2D eigenvalue weighted by Gasteiger charge is 2.14. The summed E-state index contributed by atoms with van der Waals surface area (Å²) in [7, 11) is 1.90. The lowest BCUT2D eigenvalue weighted by Gasteiger charge is -2.20. The summed E-state index contributed by atoms with van der Waals surface area (Å²) in [5.74, 6) is 0.221. The third-order valence-electron chi connectivity index (χ3n) is 2.99. The van der Waals surface area contributed by atoms with E-state index in [1.807, 2.05) is 37.4 Å². The summed E-state index contributed by atoms with van der Waals surface area (Å²) in [6.45, 7) is 0.826. The van der Waals surface area contributed by atoms with Crippen LogP contribution in [0.5, 0.6) is 5.75 Å². The van der Waals surface area contributed by atoms with Crippen LogP contribution in [0.15, 0.2) is 53.0 Å². The number of halogens is 2. The summed E-state index contributed by atoms with van der Waals surface area (Å²) in [5.41, 5.74) is 1.08. The number of benzene rings is 2. The SMILES string of the molecule is CNCCC(Oc1cc(F)ccc1Br)c1ccccc1. The van der Waals surface area contributed by atoms with E-state index in [2.05, 4.69) is 21.2 Å². The number of nitrogens with one attached hydrogen (secondary N) is 1. The predicted molar refractivity (Wildman–Crippen MR) is 82.5 cm³/mol. The molecule has 2 aromatic rings. The molecule has 0 radical (unpaired) electrons. The lowest BCUT2D eigenvalue weighted by atomic mass is 10.1. The van der Waals surface area contributed by atoms with Gasteiger partial charge in [0.1, 0.15) is 17.7 Å². The summed E-state index contributed by atoms with van der Waals surface area (Å²) in [6.07, 6.45) is 0.700. The Balaban J connectivity index is 2.21. The summed E-state index contributed by atoms with van der Waals surface area (Å²) < 4.78 is 20.1. The minimum atomic E-state index is -0.302. The second-order valence-electron chi connectivity index (χ2n) is 4.48. The van der Waals surface area contributed by atoms with Gasteiger partial charge in [-0.05, 0) is 47.2 Å². The van der Waals surface area contributed by atoms with Gasteiger partial charge in [-0.25, -0.2) is 4.39 Å². The smallest absolute Gasteiger partial charge is 0.137 e. The highest BCUT2D eigenvalue weighted by Crippen LogP contribution is 2.31. The summed E-state index contributed by atoms with van der Waals surface area (Å²) in [4.78, 5) is 0. The first-order valence-corrected chi connectivity index (χ1v) is 7.31. The van der Waals surface area contributed by atoms with Crippen LogP contribution in [0.25, 0.3) is 0 Å². The topological polar surface area (TPSA) is 21.3 Å². The van der Waals surface area contributed by atoms with Gasteiger partial charge in [-0.15, -0.1) is 0 Å². The van der Waals surface area contributed by atoms with Gasteiger partial charge in [-0.2, -0.15) is 0 Å². The van der Waals surface area contributed by atoms with E-state index in [-0.39, 0.29) is 11.9 Å². The van der Waals surface area contributed by atoms with Crippen molar-refractivity contribution < 1.29 is 9.13 Å². The largest absolute Gasteiger partial charge is 0.484 e. The molecule has 0 bridgehead atoms. The lowest BCUT2D eigenvalue weighted by molar-refractivity contribution is 0.193. The Morgan fingerprint density at radius 1 is 1.20 bits per heavy atom. The first-order chi connectivity index (χ1) is 9.70. The van der Waals surface area contributed by atoms with E-state index < -0.39 is 0 Å². The molecule has 0 heterocycles. The Labute approximate surface area is 127 Å². The maximum absolute atomic E-state index is 13.3. The molecule has 2 rings (SSSR count).